The molecule has 0 radical (unpaired) electrons. The number of aliphatic imine (C=N–C) groups is 1. The molecule has 23 heavy (non-hydrogen) atoms. The van der Waals surface area contributed by atoms with Crippen molar-refractivity contribution in [3.8, 4) is 11.5 Å². The van der Waals surface area contributed by atoms with E-state index in [0.29, 0.717) is 24.0 Å². The van der Waals surface area contributed by atoms with Gasteiger partial charge in [0, 0.05) is 5.69 Å². The summed E-state index contributed by atoms with van der Waals surface area (Å²) in [5, 5.41) is 3.04. The summed E-state index contributed by atoms with van der Waals surface area (Å²) in [5.74, 6) is 1.67. The van der Waals surface area contributed by atoms with E-state index < -0.39 is 0 Å². The summed E-state index contributed by atoms with van der Waals surface area (Å²) >= 11 is 3.46. The maximum atomic E-state index is 5.89. The van der Waals surface area contributed by atoms with E-state index in [1.54, 1.807) is 14.2 Å². The van der Waals surface area contributed by atoms with Crippen LogP contribution in [0.15, 0.2) is 51.9 Å². The van der Waals surface area contributed by atoms with Crippen LogP contribution in [0.4, 0.5) is 5.69 Å². The van der Waals surface area contributed by atoms with Gasteiger partial charge in [0.2, 0.25) is 0 Å². The number of guanidine groups is 1. The first-order valence-corrected chi connectivity index (χ1v) is 7.45. The number of benzene rings is 2. The van der Waals surface area contributed by atoms with Gasteiger partial charge in [0.25, 0.3) is 0 Å². The molecule has 0 aliphatic rings. The second-order valence-corrected chi connectivity index (χ2v) is 5.36. The first-order chi connectivity index (χ1) is 10.6. The third-order valence-electron chi connectivity index (χ3n) is 2.97. The van der Waals surface area contributed by atoms with Crippen molar-refractivity contribution in [2.45, 2.75) is 6.54 Å². The van der Waals surface area contributed by atoms with Crippen molar-refractivity contribution < 1.29 is 9.47 Å². The summed E-state index contributed by atoms with van der Waals surface area (Å²) in [4.78, 5) is 4.33. The highest BCUT2D eigenvalue weighted by molar-refractivity contribution is 14.0. The lowest BCUT2D eigenvalue weighted by atomic mass is 10.2. The first kappa shape index (κ1) is 19.6. The highest BCUT2D eigenvalue weighted by atomic mass is 127. The Hall–Kier alpha value is -1.48. The molecule has 0 aliphatic heterocycles. The van der Waals surface area contributed by atoms with Crippen LogP contribution in [0.3, 0.4) is 0 Å². The van der Waals surface area contributed by atoms with Crippen molar-refractivity contribution in [2.24, 2.45) is 10.7 Å². The van der Waals surface area contributed by atoms with Crippen LogP contribution in [0.1, 0.15) is 5.56 Å². The number of halogens is 2. The molecule has 0 aromatic heterocycles. The van der Waals surface area contributed by atoms with Gasteiger partial charge in [0.05, 0.1) is 25.2 Å². The molecule has 0 atom stereocenters. The lowest BCUT2D eigenvalue weighted by molar-refractivity contribution is 0.352. The van der Waals surface area contributed by atoms with E-state index >= 15 is 0 Å². The molecule has 0 fully saturated rings. The van der Waals surface area contributed by atoms with Crippen LogP contribution in [0.2, 0.25) is 0 Å². The molecule has 5 nitrogen and oxygen atoms in total. The van der Waals surface area contributed by atoms with Crippen LogP contribution in [0.5, 0.6) is 11.5 Å². The van der Waals surface area contributed by atoms with E-state index in [2.05, 4.69) is 26.2 Å². The number of ether oxygens (including phenoxy) is 2. The zero-order chi connectivity index (χ0) is 15.9. The molecule has 0 amide bonds. The van der Waals surface area contributed by atoms with Gasteiger partial charge in [-0.15, -0.1) is 24.0 Å². The van der Waals surface area contributed by atoms with Crippen molar-refractivity contribution >= 4 is 51.6 Å². The topological polar surface area (TPSA) is 68.9 Å². The second kappa shape index (κ2) is 9.61. The van der Waals surface area contributed by atoms with Gasteiger partial charge in [0.1, 0.15) is 0 Å². The third kappa shape index (κ3) is 5.58. The van der Waals surface area contributed by atoms with E-state index in [9.17, 15) is 0 Å². The fraction of sp³-hybridized carbons (Fsp3) is 0.188. The lowest BCUT2D eigenvalue weighted by Crippen LogP contribution is -2.22. The second-order valence-electron chi connectivity index (χ2n) is 4.51. The molecule has 7 heteroatoms. The monoisotopic (exact) mass is 491 g/mol. The molecule has 0 aliphatic carbocycles. The molecular weight excluding hydrogens is 473 g/mol. The molecule has 124 valence electrons. The molecule has 0 saturated carbocycles. The number of nitrogens with zero attached hydrogens (tertiary/aromatic N) is 1. The Kier molecular flexibility index (Phi) is 8.18. The van der Waals surface area contributed by atoms with Crippen molar-refractivity contribution in [3.05, 3.63) is 52.5 Å². The minimum absolute atomic E-state index is 0. The lowest BCUT2D eigenvalue weighted by Gasteiger charge is -2.11. The molecule has 2 aromatic carbocycles. The predicted octanol–water partition coefficient (Wildman–Crippen LogP) is 4.01. The molecule has 0 spiro atoms. The average molecular weight is 492 g/mol. The molecular formula is C16H19BrIN3O2. The van der Waals surface area contributed by atoms with Crippen molar-refractivity contribution in [1.29, 1.82) is 0 Å². The van der Waals surface area contributed by atoms with Gasteiger partial charge in [-0.3, -0.25) is 0 Å². The van der Waals surface area contributed by atoms with E-state index in [0.717, 1.165) is 15.7 Å². The van der Waals surface area contributed by atoms with Crippen LogP contribution in [0, 0.1) is 0 Å². The number of nitrogens with two attached hydrogens (primary N) is 1. The number of methoxy groups -OCH3 is 2. The average Bonchev–Trinajstić information content (AvgIpc) is 2.53. The first-order valence-electron chi connectivity index (χ1n) is 6.66. The standard InChI is InChI=1S/C16H18BrN3O2.HI/c1-21-14-9-11(8-13(17)15(14)22-2)10-19-16(18)20-12-6-4-3-5-7-12;/h3-9H,10H2,1-2H3,(H3,18,19,20);1H. The number of para-hydroxylation sites is 1. The number of hydrogen-bond acceptors (Lipinski definition) is 3. The summed E-state index contributed by atoms with van der Waals surface area (Å²) in [6.07, 6.45) is 0. The SMILES string of the molecule is COc1cc(CN=C(N)Nc2ccccc2)cc(Br)c1OC.I. The third-order valence-corrected chi connectivity index (χ3v) is 3.56. The van der Waals surface area contributed by atoms with Gasteiger partial charge in [-0.25, -0.2) is 4.99 Å². The fourth-order valence-corrected chi connectivity index (χ4v) is 2.60. The van der Waals surface area contributed by atoms with Crippen LogP contribution in [-0.4, -0.2) is 20.2 Å². The number of rotatable bonds is 5. The Balaban J connectivity index is 0.00000264. The van der Waals surface area contributed by atoms with Gasteiger partial charge >= 0.3 is 0 Å². The Morgan fingerprint density at radius 1 is 1.17 bits per heavy atom. The quantitative estimate of drug-likeness (QED) is 0.376. The maximum Gasteiger partial charge on any atom is 0.193 e. The summed E-state index contributed by atoms with van der Waals surface area (Å²) in [7, 11) is 3.20. The molecule has 2 rings (SSSR count). The molecule has 2 aromatic rings. The Bertz CT molecular complexity index is 666. The molecule has 0 unspecified atom stereocenters. The van der Waals surface area contributed by atoms with E-state index in [1.165, 1.54) is 0 Å². The fourth-order valence-electron chi connectivity index (χ4n) is 1.95. The van der Waals surface area contributed by atoms with Gasteiger partial charge < -0.3 is 20.5 Å². The van der Waals surface area contributed by atoms with Crippen molar-refractivity contribution in [2.75, 3.05) is 19.5 Å². The number of anilines is 1. The van der Waals surface area contributed by atoms with Gasteiger partial charge in [0.15, 0.2) is 17.5 Å². The largest absolute Gasteiger partial charge is 0.493 e. The number of hydrogen-bond donors (Lipinski definition) is 2. The summed E-state index contributed by atoms with van der Waals surface area (Å²) < 4.78 is 11.4. The maximum absolute atomic E-state index is 5.89. The van der Waals surface area contributed by atoms with Crippen molar-refractivity contribution in [1.82, 2.24) is 0 Å². The predicted molar refractivity (Wildman–Crippen MR) is 108 cm³/mol. The minimum atomic E-state index is 0. The Morgan fingerprint density at radius 3 is 2.48 bits per heavy atom. The smallest absolute Gasteiger partial charge is 0.193 e. The Labute approximate surface area is 161 Å². The highest BCUT2D eigenvalue weighted by Gasteiger charge is 2.10. The normalized spacial score (nSPS) is 10.7. The van der Waals surface area contributed by atoms with E-state index in [-0.39, 0.29) is 24.0 Å². The van der Waals surface area contributed by atoms with Crippen molar-refractivity contribution in [3.63, 3.8) is 0 Å². The van der Waals surface area contributed by atoms with Gasteiger partial charge in [-0.2, -0.15) is 0 Å². The van der Waals surface area contributed by atoms with Crippen LogP contribution in [0.25, 0.3) is 0 Å². The zero-order valence-electron chi connectivity index (χ0n) is 12.9. The molecule has 0 heterocycles. The minimum Gasteiger partial charge on any atom is -0.493 e. The van der Waals surface area contributed by atoms with E-state index in [1.807, 2.05) is 42.5 Å². The molecule has 0 bridgehead atoms. The van der Waals surface area contributed by atoms with Crippen LogP contribution < -0.4 is 20.5 Å². The van der Waals surface area contributed by atoms with E-state index in [4.69, 9.17) is 15.2 Å². The number of nitrogens with one attached hydrogen (secondary N) is 1. The summed E-state index contributed by atoms with van der Waals surface area (Å²) in [6, 6.07) is 13.5. The Morgan fingerprint density at radius 2 is 1.87 bits per heavy atom. The van der Waals surface area contributed by atoms with Crippen LogP contribution in [-0.2, 0) is 6.54 Å². The summed E-state index contributed by atoms with van der Waals surface area (Å²) in [5.41, 5.74) is 7.75. The highest BCUT2D eigenvalue weighted by Crippen LogP contribution is 2.36. The molecule has 3 N–H and O–H groups in total. The zero-order valence-corrected chi connectivity index (χ0v) is 16.8. The van der Waals surface area contributed by atoms with Gasteiger partial charge in [-0.1, -0.05) is 18.2 Å². The summed E-state index contributed by atoms with van der Waals surface area (Å²) in [6.45, 7) is 0.435. The van der Waals surface area contributed by atoms with Crippen LogP contribution >= 0.6 is 39.9 Å². The van der Waals surface area contributed by atoms with Gasteiger partial charge in [-0.05, 0) is 45.8 Å². The molecule has 0 saturated heterocycles.